The second kappa shape index (κ2) is 7.67. The lowest BCUT2D eigenvalue weighted by molar-refractivity contribution is -0.123. The fraction of sp³-hybridized carbons (Fsp3) is 0.316. The molecule has 1 amide bonds. The molecule has 2 aromatic carbocycles. The van der Waals surface area contributed by atoms with Crippen molar-refractivity contribution >= 4 is 24.0 Å². The van der Waals surface area contributed by atoms with Gasteiger partial charge in [-0.25, -0.2) is 4.39 Å². The van der Waals surface area contributed by atoms with Crippen LogP contribution in [0, 0.1) is 5.82 Å². The lowest BCUT2D eigenvalue weighted by Crippen LogP contribution is -2.33. The van der Waals surface area contributed by atoms with E-state index >= 15 is 0 Å². The summed E-state index contributed by atoms with van der Waals surface area (Å²) in [7, 11) is 0. The van der Waals surface area contributed by atoms with Crippen LogP contribution in [0.1, 0.15) is 48.4 Å². The molecule has 2 unspecified atom stereocenters. The molecule has 0 heterocycles. The average Bonchev–Trinajstić information content (AvgIpc) is 2.54. The van der Waals surface area contributed by atoms with Crippen molar-refractivity contribution in [3.05, 3.63) is 65.0 Å². The third kappa shape index (κ3) is 3.88. The second-order valence-corrected chi connectivity index (χ2v) is 6.19. The van der Waals surface area contributed by atoms with E-state index in [9.17, 15) is 9.18 Å². The smallest absolute Gasteiger partial charge is 0.227 e. The predicted octanol–water partition coefficient (Wildman–Crippen LogP) is 4.13. The van der Waals surface area contributed by atoms with E-state index in [1.54, 1.807) is 19.1 Å². The van der Waals surface area contributed by atoms with E-state index < -0.39 is 0 Å². The Morgan fingerprint density at radius 1 is 1.29 bits per heavy atom. The van der Waals surface area contributed by atoms with Gasteiger partial charge in [-0.15, -0.1) is 12.4 Å². The molecule has 1 aliphatic rings. The lowest BCUT2D eigenvalue weighted by Gasteiger charge is -2.28. The molecule has 2 atom stereocenters. The van der Waals surface area contributed by atoms with Crippen LogP contribution >= 0.6 is 12.4 Å². The summed E-state index contributed by atoms with van der Waals surface area (Å²) in [5.74, 6) is -0.782. The number of fused-ring (bicyclic) bond motifs is 1. The molecule has 0 saturated carbocycles. The zero-order chi connectivity index (χ0) is 16.4. The number of nitrogen functional groups attached to an aromatic ring is 1. The summed E-state index contributed by atoms with van der Waals surface area (Å²) in [5, 5.41) is 3.11. The molecule has 24 heavy (non-hydrogen) atoms. The Labute approximate surface area is 147 Å². The molecule has 0 radical (unpaired) electrons. The van der Waals surface area contributed by atoms with E-state index in [2.05, 4.69) is 5.32 Å². The molecule has 0 saturated heterocycles. The Morgan fingerprint density at radius 2 is 2.08 bits per heavy atom. The van der Waals surface area contributed by atoms with E-state index in [0.29, 0.717) is 5.56 Å². The van der Waals surface area contributed by atoms with Gasteiger partial charge in [0.05, 0.1) is 12.0 Å². The zero-order valence-corrected chi connectivity index (χ0v) is 14.4. The molecule has 3 N–H and O–H groups in total. The zero-order valence-electron chi connectivity index (χ0n) is 13.6. The minimum Gasteiger partial charge on any atom is -0.399 e. The van der Waals surface area contributed by atoms with Gasteiger partial charge in [0.25, 0.3) is 0 Å². The molecule has 128 valence electrons. The van der Waals surface area contributed by atoms with Gasteiger partial charge < -0.3 is 11.1 Å². The van der Waals surface area contributed by atoms with E-state index in [1.807, 2.05) is 18.2 Å². The number of anilines is 1. The SMILES string of the molecule is CC(C(=O)NC1CCCc2cc(N)ccc21)c1cccc(F)c1.Cl. The van der Waals surface area contributed by atoms with Crippen molar-refractivity contribution in [1.29, 1.82) is 0 Å². The standard InChI is InChI=1S/C19H21FN2O.ClH/c1-12(13-4-2-6-15(20)10-13)19(23)22-18-7-3-5-14-11-16(21)8-9-17(14)18;/h2,4,6,8-12,18H,3,5,7,21H2,1H3,(H,22,23);1H. The van der Waals surface area contributed by atoms with Gasteiger partial charge in [0.1, 0.15) is 5.82 Å². The quantitative estimate of drug-likeness (QED) is 0.819. The van der Waals surface area contributed by atoms with Gasteiger partial charge >= 0.3 is 0 Å². The van der Waals surface area contributed by atoms with Crippen LogP contribution in [0.15, 0.2) is 42.5 Å². The van der Waals surface area contributed by atoms with Crippen molar-refractivity contribution in [2.24, 2.45) is 0 Å². The number of hydrogen-bond donors (Lipinski definition) is 2. The third-order valence-corrected chi connectivity index (χ3v) is 4.54. The molecule has 3 nitrogen and oxygen atoms in total. The highest BCUT2D eigenvalue weighted by molar-refractivity contribution is 5.85. The highest BCUT2D eigenvalue weighted by Crippen LogP contribution is 2.31. The van der Waals surface area contributed by atoms with Crippen molar-refractivity contribution in [1.82, 2.24) is 5.32 Å². The minimum atomic E-state index is -0.384. The monoisotopic (exact) mass is 348 g/mol. The Hall–Kier alpha value is -2.07. The minimum absolute atomic E-state index is 0. The highest BCUT2D eigenvalue weighted by Gasteiger charge is 2.24. The Bertz CT molecular complexity index is 735. The molecule has 0 spiro atoms. The second-order valence-electron chi connectivity index (χ2n) is 6.19. The van der Waals surface area contributed by atoms with Crippen molar-refractivity contribution in [2.75, 3.05) is 5.73 Å². The third-order valence-electron chi connectivity index (χ3n) is 4.54. The van der Waals surface area contributed by atoms with E-state index in [1.165, 1.54) is 17.7 Å². The van der Waals surface area contributed by atoms with Gasteiger partial charge in [-0.1, -0.05) is 18.2 Å². The van der Waals surface area contributed by atoms with Crippen LogP contribution in [0.4, 0.5) is 10.1 Å². The summed E-state index contributed by atoms with van der Waals surface area (Å²) >= 11 is 0. The molecular weight excluding hydrogens is 327 g/mol. The van der Waals surface area contributed by atoms with Crippen molar-refractivity contribution in [3.8, 4) is 0 Å². The van der Waals surface area contributed by atoms with Crippen molar-refractivity contribution in [3.63, 3.8) is 0 Å². The van der Waals surface area contributed by atoms with Gasteiger partial charge in [0, 0.05) is 5.69 Å². The molecule has 0 fully saturated rings. The van der Waals surface area contributed by atoms with Gasteiger partial charge in [-0.05, 0) is 67.1 Å². The maximum absolute atomic E-state index is 13.3. The topological polar surface area (TPSA) is 55.1 Å². The number of nitrogens with one attached hydrogen (secondary N) is 1. The van der Waals surface area contributed by atoms with Crippen LogP contribution < -0.4 is 11.1 Å². The number of carbonyl (C=O) groups is 1. The first-order valence-electron chi connectivity index (χ1n) is 7.99. The lowest BCUT2D eigenvalue weighted by atomic mass is 9.87. The summed E-state index contributed by atoms with van der Waals surface area (Å²) in [4.78, 5) is 12.5. The summed E-state index contributed by atoms with van der Waals surface area (Å²) in [5.41, 5.74) is 9.64. The average molecular weight is 349 g/mol. The molecular formula is C19H22ClFN2O. The number of nitrogens with two attached hydrogens (primary N) is 1. The summed E-state index contributed by atoms with van der Waals surface area (Å²) < 4.78 is 13.3. The normalized spacial score (nSPS) is 17.3. The largest absolute Gasteiger partial charge is 0.399 e. The van der Waals surface area contributed by atoms with Crippen LogP contribution in [-0.4, -0.2) is 5.91 Å². The number of benzene rings is 2. The highest BCUT2D eigenvalue weighted by atomic mass is 35.5. The van der Waals surface area contributed by atoms with Crippen molar-refractivity contribution in [2.45, 2.75) is 38.1 Å². The van der Waals surface area contributed by atoms with Crippen LogP contribution in [0.25, 0.3) is 0 Å². The van der Waals surface area contributed by atoms with E-state index in [4.69, 9.17) is 5.73 Å². The number of aryl methyl sites for hydroxylation is 1. The number of amides is 1. The first-order chi connectivity index (χ1) is 11.0. The van der Waals surface area contributed by atoms with Gasteiger partial charge in [-0.2, -0.15) is 0 Å². The first kappa shape index (κ1) is 18.3. The van der Waals surface area contributed by atoms with E-state index in [-0.39, 0.29) is 36.1 Å². The molecule has 0 bridgehead atoms. The van der Waals surface area contributed by atoms with Gasteiger partial charge in [0.2, 0.25) is 5.91 Å². The number of hydrogen-bond acceptors (Lipinski definition) is 2. The van der Waals surface area contributed by atoms with Crippen LogP contribution in [-0.2, 0) is 11.2 Å². The predicted molar refractivity (Wildman–Crippen MR) is 96.7 cm³/mol. The van der Waals surface area contributed by atoms with Gasteiger partial charge in [-0.3, -0.25) is 4.79 Å². The van der Waals surface area contributed by atoms with Crippen LogP contribution in [0.3, 0.4) is 0 Å². The number of carbonyl (C=O) groups excluding carboxylic acids is 1. The van der Waals surface area contributed by atoms with Crippen LogP contribution in [0.2, 0.25) is 0 Å². The molecule has 1 aliphatic carbocycles. The molecule has 3 rings (SSSR count). The maximum atomic E-state index is 13.3. The van der Waals surface area contributed by atoms with Crippen molar-refractivity contribution < 1.29 is 9.18 Å². The number of rotatable bonds is 3. The summed E-state index contributed by atoms with van der Waals surface area (Å²) in [6.45, 7) is 1.80. The fourth-order valence-electron chi connectivity index (χ4n) is 3.21. The van der Waals surface area contributed by atoms with Gasteiger partial charge in [0.15, 0.2) is 0 Å². The first-order valence-corrected chi connectivity index (χ1v) is 7.99. The molecule has 0 aliphatic heterocycles. The Balaban J connectivity index is 0.00000208. The van der Waals surface area contributed by atoms with E-state index in [0.717, 1.165) is 30.5 Å². The fourth-order valence-corrected chi connectivity index (χ4v) is 3.21. The Morgan fingerprint density at radius 3 is 2.83 bits per heavy atom. The number of halogens is 2. The molecule has 2 aromatic rings. The molecule has 5 heteroatoms. The maximum Gasteiger partial charge on any atom is 0.227 e. The Kier molecular flexibility index (Phi) is 5.84. The summed E-state index contributed by atoms with van der Waals surface area (Å²) in [6, 6.07) is 12.1. The summed E-state index contributed by atoms with van der Waals surface area (Å²) in [6.07, 6.45) is 2.93. The van der Waals surface area contributed by atoms with Crippen LogP contribution in [0.5, 0.6) is 0 Å². The molecule has 0 aromatic heterocycles.